The maximum atomic E-state index is 11.4. The topological polar surface area (TPSA) is 32.7 Å². The largest absolute Gasteiger partial charge is 0.497 e. The summed E-state index contributed by atoms with van der Waals surface area (Å²) in [5.74, 6) is 0.853. The van der Waals surface area contributed by atoms with Crippen molar-refractivity contribution in [2.75, 3.05) is 20.2 Å². The molecule has 2 fully saturated rings. The SMILES string of the molecule is COc1ccc(C2(O)CCCCN3CCCCC32)cc1. The Labute approximate surface area is 121 Å². The van der Waals surface area contributed by atoms with Crippen molar-refractivity contribution >= 4 is 0 Å². The molecule has 2 aliphatic heterocycles. The number of aliphatic hydroxyl groups is 1. The highest BCUT2D eigenvalue weighted by Crippen LogP contribution is 2.40. The molecule has 0 amide bonds. The highest BCUT2D eigenvalue weighted by Gasteiger charge is 2.43. The lowest BCUT2D eigenvalue weighted by Gasteiger charge is -2.44. The van der Waals surface area contributed by atoms with Crippen molar-refractivity contribution in [3.8, 4) is 5.75 Å². The van der Waals surface area contributed by atoms with Crippen molar-refractivity contribution in [3.05, 3.63) is 29.8 Å². The zero-order valence-corrected chi connectivity index (χ0v) is 12.3. The zero-order valence-electron chi connectivity index (χ0n) is 12.3. The van der Waals surface area contributed by atoms with Crippen LogP contribution in [-0.4, -0.2) is 36.2 Å². The Balaban J connectivity index is 1.93. The third-order valence-electron chi connectivity index (χ3n) is 5.01. The van der Waals surface area contributed by atoms with Crippen LogP contribution in [0, 0.1) is 0 Å². The van der Waals surface area contributed by atoms with E-state index in [1.807, 2.05) is 24.3 Å². The monoisotopic (exact) mass is 275 g/mol. The van der Waals surface area contributed by atoms with Gasteiger partial charge in [-0.05, 0) is 62.9 Å². The van der Waals surface area contributed by atoms with Gasteiger partial charge in [-0.15, -0.1) is 0 Å². The first kappa shape index (κ1) is 13.9. The number of rotatable bonds is 2. The third kappa shape index (κ3) is 2.45. The van der Waals surface area contributed by atoms with Crippen molar-refractivity contribution in [2.24, 2.45) is 0 Å². The van der Waals surface area contributed by atoms with Crippen LogP contribution in [0.5, 0.6) is 5.75 Å². The summed E-state index contributed by atoms with van der Waals surface area (Å²) in [5.41, 5.74) is 0.362. The molecule has 2 atom stereocenters. The van der Waals surface area contributed by atoms with E-state index < -0.39 is 5.60 Å². The lowest BCUT2D eigenvalue weighted by Crippen LogP contribution is -2.51. The average molecular weight is 275 g/mol. The minimum atomic E-state index is -0.691. The maximum absolute atomic E-state index is 11.4. The highest BCUT2D eigenvalue weighted by molar-refractivity contribution is 5.32. The van der Waals surface area contributed by atoms with Gasteiger partial charge in [0, 0.05) is 6.04 Å². The van der Waals surface area contributed by atoms with E-state index in [0.717, 1.165) is 43.7 Å². The maximum Gasteiger partial charge on any atom is 0.118 e. The Morgan fingerprint density at radius 1 is 1.10 bits per heavy atom. The van der Waals surface area contributed by atoms with Gasteiger partial charge in [0.25, 0.3) is 0 Å². The summed E-state index contributed by atoms with van der Waals surface area (Å²) in [6, 6.07) is 8.29. The van der Waals surface area contributed by atoms with Crippen molar-refractivity contribution in [2.45, 2.75) is 50.2 Å². The summed E-state index contributed by atoms with van der Waals surface area (Å²) in [6.07, 6.45) is 6.81. The fourth-order valence-electron chi connectivity index (χ4n) is 3.89. The predicted octanol–water partition coefficient (Wildman–Crippen LogP) is 2.92. The molecule has 3 rings (SSSR count). The van der Waals surface area contributed by atoms with Gasteiger partial charge in [-0.2, -0.15) is 0 Å². The molecule has 1 aromatic carbocycles. The molecule has 0 radical (unpaired) electrons. The van der Waals surface area contributed by atoms with Crippen LogP contribution in [0.2, 0.25) is 0 Å². The van der Waals surface area contributed by atoms with Crippen LogP contribution in [0.3, 0.4) is 0 Å². The molecule has 0 aromatic heterocycles. The van der Waals surface area contributed by atoms with Crippen LogP contribution in [-0.2, 0) is 5.60 Å². The molecule has 0 bridgehead atoms. The number of piperidine rings is 1. The van der Waals surface area contributed by atoms with Crippen molar-refractivity contribution in [1.29, 1.82) is 0 Å². The van der Waals surface area contributed by atoms with Crippen LogP contribution in [0.4, 0.5) is 0 Å². The number of fused-ring (bicyclic) bond motifs is 1. The molecule has 2 aliphatic rings. The Bertz CT molecular complexity index is 445. The minimum absolute atomic E-state index is 0.284. The summed E-state index contributed by atoms with van der Waals surface area (Å²) in [5, 5.41) is 11.4. The van der Waals surface area contributed by atoms with E-state index in [1.54, 1.807) is 7.11 Å². The van der Waals surface area contributed by atoms with Gasteiger partial charge in [-0.25, -0.2) is 0 Å². The van der Waals surface area contributed by atoms with Crippen LogP contribution in [0.25, 0.3) is 0 Å². The molecule has 110 valence electrons. The summed E-state index contributed by atoms with van der Waals surface area (Å²) in [4.78, 5) is 2.51. The molecular weight excluding hydrogens is 250 g/mol. The molecule has 1 N–H and O–H groups in total. The molecule has 0 saturated carbocycles. The lowest BCUT2D eigenvalue weighted by atomic mass is 9.79. The predicted molar refractivity (Wildman–Crippen MR) is 80.0 cm³/mol. The number of hydrogen-bond donors (Lipinski definition) is 1. The first-order valence-electron chi connectivity index (χ1n) is 7.85. The molecule has 0 spiro atoms. The molecule has 3 nitrogen and oxygen atoms in total. The Morgan fingerprint density at radius 2 is 1.80 bits per heavy atom. The first-order chi connectivity index (χ1) is 9.74. The van der Waals surface area contributed by atoms with E-state index >= 15 is 0 Å². The fraction of sp³-hybridized carbons (Fsp3) is 0.647. The Hall–Kier alpha value is -1.06. The second kappa shape index (κ2) is 5.74. The second-order valence-corrected chi connectivity index (χ2v) is 6.16. The number of ether oxygens (including phenoxy) is 1. The lowest BCUT2D eigenvalue weighted by molar-refractivity contribution is -0.0629. The Kier molecular flexibility index (Phi) is 3.99. The number of methoxy groups -OCH3 is 1. The molecule has 20 heavy (non-hydrogen) atoms. The Morgan fingerprint density at radius 3 is 2.50 bits per heavy atom. The number of hydrogen-bond acceptors (Lipinski definition) is 3. The normalized spacial score (nSPS) is 31.4. The highest BCUT2D eigenvalue weighted by atomic mass is 16.5. The third-order valence-corrected chi connectivity index (χ3v) is 5.01. The summed E-state index contributed by atoms with van der Waals surface area (Å²) < 4.78 is 5.23. The van der Waals surface area contributed by atoms with Gasteiger partial charge in [0.1, 0.15) is 11.4 Å². The number of nitrogens with zero attached hydrogens (tertiary/aromatic N) is 1. The van der Waals surface area contributed by atoms with Gasteiger partial charge in [-0.1, -0.05) is 18.6 Å². The van der Waals surface area contributed by atoms with E-state index in [2.05, 4.69) is 4.90 Å². The van der Waals surface area contributed by atoms with Gasteiger partial charge in [0.2, 0.25) is 0 Å². The van der Waals surface area contributed by atoms with Crippen molar-refractivity contribution in [3.63, 3.8) is 0 Å². The van der Waals surface area contributed by atoms with Gasteiger partial charge in [0.05, 0.1) is 7.11 Å². The second-order valence-electron chi connectivity index (χ2n) is 6.16. The molecule has 2 saturated heterocycles. The first-order valence-corrected chi connectivity index (χ1v) is 7.85. The minimum Gasteiger partial charge on any atom is -0.497 e. The van der Waals surface area contributed by atoms with E-state index in [1.165, 1.54) is 19.3 Å². The van der Waals surface area contributed by atoms with Crippen LogP contribution >= 0.6 is 0 Å². The van der Waals surface area contributed by atoms with E-state index in [4.69, 9.17) is 4.74 Å². The van der Waals surface area contributed by atoms with Gasteiger partial charge >= 0.3 is 0 Å². The smallest absolute Gasteiger partial charge is 0.118 e. The van der Waals surface area contributed by atoms with Gasteiger partial charge in [-0.3, -0.25) is 4.90 Å². The van der Waals surface area contributed by atoms with E-state index in [0.29, 0.717) is 0 Å². The summed E-state index contributed by atoms with van der Waals surface area (Å²) in [6.45, 7) is 2.28. The van der Waals surface area contributed by atoms with E-state index in [-0.39, 0.29) is 6.04 Å². The molecule has 0 aliphatic carbocycles. The van der Waals surface area contributed by atoms with Crippen LogP contribution in [0.15, 0.2) is 24.3 Å². The average Bonchev–Trinajstić information content (AvgIpc) is 2.68. The summed E-state index contributed by atoms with van der Waals surface area (Å²) in [7, 11) is 1.68. The number of benzene rings is 1. The molecular formula is C17H25NO2. The molecule has 1 aromatic rings. The summed E-state index contributed by atoms with van der Waals surface area (Å²) >= 11 is 0. The quantitative estimate of drug-likeness (QED) is 0.901. The molecule has 3 heteroatoms. The van der Waals surface area contributed by atoms with Crippen molar-refractivity contribution in [1.82, 2.24) is 4.90 Å². The fourth-order valence-corrected chi connectivity index (χ4v) is 3.89. The molecule has 2 unspecified atom stereocenters. The molecule has 2 heterocycles. The van der Waals surface area contributed by atoms with E-state index in [9.17, 15) is 5.11 Å². The van der Waals surface area contributed by atoms with Crippen LogP contribution < -0.4 is 4.74 Å². The van der Waals surface area contributed by atoms with Gasteiger partial charge < -0.3 is 9.84 Å². The van der Waals surface area contributed by atoms with Crippen LogP contribution in [0.1, 0.15) is 44.1 Å². The van der Waals surface area contributed by atoms with Crippen molar-refractivity contribution < 1.29 is 9.84 Å². The zero-order chi connectivity index (χ0) is 14.0. The van der Waals surface area contributed by atoms with Gasteiger partial charge in [0.15, 0.2) is 0 Å². The standard InChI is InChI=1S/C17H25NO2/c1-20-15-9-7-14(8-10-15)17(19)11-3-5-13-18-12-4-2-6-16(17)18/h7-10,16,19H,2-6,11-13H2,1H3.